The number of ether oxygens (including phenoxy) is 1. The van der Waals surface area contributed by atoms with Crippen molar-refractivity contribution in [1.29, 1.82) is 0 Å². The molecule has 0 aromatic carbocycles. The summed E-state index contributed by atoms with van der Waals surface area (Å²) in [6, 6.07) is 0. The molecule has 1 saturated carbocycles. The lowest BCUT2D eigenvalue weighted by molar-refractivity contribution is -0.00605. The maximum Gasteiger partial charge on any atom is 0.0600 e. The van der Waals surface area contributed by atoms with E-state index in [1.54, 1.807) is 0 Å². The molecule has 0 radical (unpaired) electrons. The quantitative estimate of drug-likeness (QED) is 0.588. The van der Waals surface area contributed by atoms with Crippen LogP contribution in [0.1, 0.15) is 52.4 Å². The standard InChI is InChI=1S/C11H22O/c1-3-4-9-12-11-8-6-5-7-10(11)2/h10-11H,3-9H2,1-2H3/t10-,11-/m0/s1. The van der Waals surface area contributed by atoms with Crippen molar-refractivity contribution < 1.29 is 4.74 Å². The van der Waals surface area contributed by atoms with Gasteiger partial charge in [0.15, 0.2) is 0 Å². The highest BCUT2D eigenvalue weighted by molar-refractivity contribution is 4.72. The lowest BCUT2D eigenvalue weighted by Crippen LogP contribution is -2.25. The van der Waals surface area contributed by atoms with Crippen LogP contribution in [0.25, 0.3) is 0 Å². The fourth-order valence-corrected chi connectivity index (χ4v) is 1.91. The Morgan fingerprint density at radius 3 is 2.67 bits per heavy atom. The highest BCUT2D eigenvalue weighted by atomic mass is 16.5. The normalized spacial score (nSPS) is 30.5. The monoisotopic (exact) mass is 170 g/mol. The van der Waals surface area contributed by atoms with Crippen LogP contribution < -0.4 is 0 Å². The molecular formula is C11H22O. The van der Waals surface area contributed by atoms with Crippen LogP contribution in [0.4, 0.5) is 0 Å². The first-order valence-corrected chi connectivity index (χ1v) is 5.46. The molecule has 0 aromatic rings. The van der Waals surface area contributed by atoms with Crippen LogP contribution in [0.3, 0.4) is 0 Å². The van der Waals surface area contributed by atoms with Crippen molar-refractivity contribution in [3.8, 4) is 0 Å². The molecule has 0 saturated heterocycles. The van der Waals surface area contributed by atoms with E-state index >= 15 is 0 Å². The average Bonchev–Trinajstić information content (AvgIpc) is 2.09. The minimum atomic E-state index is 0.574. The molecule has 1 aliphatic carbocycles. The molecular weight excluding hydrogens is 148 g/mol. The van der Waals surface area contributed by atoms with Crippen LogP contribution in [0.5, 0.6) is 0 Å². The van der Waals surface area contributed by atoms with E-state index < -0.39 is 0 Å². The molecule has 1 aliphatic rings. The first-order chi connectivity index (χ1) is 5.84. The average molecular weight is 170 g/mol. The first kappa shape index (κ1) is 10.0. The van der Waals surface area contributed by atoms with Crippen molar-refractivity contribution in [2.75, 3.05) is 6.61 Å². The maximum atomic E-state index is 5.84. The summed E-state index contributed by atoms with van der Waals surface area (Å²) in [5, 5.41) is 0. The second-order valence-electron chi connectivity index (χ2n) is 4.02. The second kappa shape index (κ2) is 5.58. The van der Waals surface area contributed by atoms with E-state index in [0.29, 0.717) is 6.10 Å². The van der Waals surface area contributed by atoms with Crippen LogP contribution in [0, 0.1) is 5.92 Å². The summed E-state index contributed by atoms with van der Waals surface area (Å²) in [5.74, 6) is 0.801. The molecule has 0 amide bonds. The molecule has 2 atom stereocenters. The van der Waals surface area contributed by atoms with Crippen molar-refractivity contribution in [3.05, 3.63) is 0 Å². The Morgan fingerprint density at radius 1 is 1.25 bits per heavy atom. The summed E-state index contributed by atoms with van der Waals surface area (Å²) in [7, 11) is 0. The molecule has 1 heteroatoms. The van der Waals surface area contributed by atoms with Gasteiger partial charge in [-0.25, -0.2) is 0 Å². The Balaban J connectivity index is 2.11. The highest BCUT2D eigenvalue weighted by Gasteiger charge is 2.21. The Kier molecular flexibility index (Phi) is 4.67. The molecule has 1 nitrogen and oxygen atoms in total. The zero-order valence-electron chi connectivity index (χ0n) is 8.51. The van der Waals surface area contributed by atoms with E-state index in [1.165, 1.54) is 38.5 Å². The summed E-state index contributed by atoms with van der Waals surface area (Å²) in [6.07, 6.45) is 8.51. The molecule has 1 fully saturated rings. The van der Waals surface area contributed by atoms with Gasteiger partial charge in [0.05, 0.1) is 6.10 Å². The van der Waals surface area contributed by atoms with Crippen LogP contribution in [-0.4, -0.2) is 12.7 Å². The predicted octanol–water partition coefficient (Wildman–Crippen LogP) is 3.38. The molecule has 0 unspecified atom stereocenters. The molecule has 0 N–H and O–H groups in total. The second-order valence-corrected chi connectivity index (χ2v) is 4.02. The van der Waals surface area contributed by atoms with Crippen molar-refractivity contribution in [2.24, 2.45) is 5.92 Å². The van der Waals surface area contributed by atoms with Gasteiger partial charge >= 0.3 is 0 Å². The van der Waals surface area contributed by atoms with Crippen molar-refractivity contribution in [2.45, 2.75) is 58.5 Å². The summed E-state index contributed by atoms with van der Waals surface area (Å²) in [5.41, 5.74) is 0. The summed E-state index contributed by atoms with van der Waals surface area (Å²) in [6.45, 7) is 5.52. The Hall–Kier alpha value is -0.0400. The van der Waals surface area contributed by atoms with E-state index in [4.69, 9.17) is 4.74 Å². The largest absolute Gasteiger partial charge is 0.378 e. The molecule has 0 bridgehead atoms. The first-order valence-electron chi connectivity index (χ1n) is 5.46. The fraction of sp³-hybridized carbons (Fsp3) is 1.00. The molecule has 0 spiro atoms. The summed E-state index contributed by atoms with van der Waals surface area (Å²) >= 11 is 0. The van der Waals surface area contributed by atoms with Gasteiger partial charge in [-0.1, -0.05) is 33.1 Å². The molecule has 1 rings (SSSR count). The number of rotatable bonds is 4. The van der Waals surface area contributed by atoms with Gasteiger partial charge in [-0.05, 0) is 25.2 Å². The molecule has 12 heavy (non-hydrogen) atoms. The fourth-order valence-electron chi connectivity index (χ4n) is 1.91. The van der Waals surface area contributed by atoms with Crippen LogP contribution in [0.15, 0.2) is 0 Å². The highest BCUT2D eigenvalue weighted by Crippen LogP contribution is 2.26. The minimum Gasteiger partial charge on any atom is -0.378 e. The SMILES string of the molecule is CCCCO[C@H]1CCCC[C@@H]1C. The number of hydrogen-bond acceptors (Lipinski definition) is 1. The zero-order valence-corrected chi connectivity index (χ0v) is 8.51. The Bertz CT molecular complexity index is 112. The van der Waals surface area contributed by atoms with E-state index in [-0.39, 0.29) is 0 Å². The molecule has 72 valence electrons. The molecule has 0 heterocycles. The third-order valence-corrected chi connectivity index (χ3v) is 2.86. The van der Waals surface area contributed by atoms with Gasteiger partial charge < -0.3 is 4.74 Å². The zero-order chi connectivity index (χ0) is 8.81. The van der Waals surface area contributed by atoms with Crippen LogP contribution >= 0.6 is 0 Å². The molecule has 0 aromatic heterocycles. The van der Waals surface area contributed by atoms with Gasteiger partial charge in [-0.15, -0.1) is 0 Å². The van der Waals surface area contributed by atoms with Gasteiger partial charge in [0.2, 0.25) is 0 Å². The maximum absolute atomic E-state index is 5.84. The Labute approximate surface area is 76.5 Å². The molecule has 0 aliphatic heterocycles. The van der Waals surface area contributed by atoms with E-state index in [9.17, 15) is 0 Å². The third kappa shape index (κ3) is 3.14. The lowest BCUT2D eigenvalue weighted by Gasteiger charge is -2.28. The van der Waals surface area contributed by atoms with E-state index in [0.717, 1.165) is 12.5 Å². The van der Waals surface area contributed by atoms with E-state index in [2.05, 4.69) is 13.8 Å². The third-order valence-electron chi connectivity index (χ3n) is 2.86. The van der Waals surface area contributed by atoms with Crippen molar-refractivity contribution >= 4 is 0 Å². The minimum absolute atomic E-state index is 0.574. The van der Waals surface area contributed by atoms with Crippen molar-refractivity contribution in [1.82, 2.24) is 0 Å². The lowest BCUT2D eigenvalue weighted by atomic mass is 9.88. The smallest absolute Gasteiger partial charge is 0.0600 e. The van der Waals surface area contributed by atoms with Gasteiger partial charge in [0.1, 0.15) is 0 Å². The van der Waals surface area contributed by atoms with Gasteiger partial charge in [-0.3, -0.25) is 0 Å². The summed E-state index contributed by atoms with van der Waals surface area (Å²) in [4.78, 5) is 0. The van der Waals surface area contributed by atoms with Crippen LogP contribution in [-0.2, 0) is 4.74 Å². The predicted molar refractivity (Wildman–Crippen MR) is 52.3 cm³/mol. The van der Waals surface area contributed by atoms with Crippen LogP contribution in [0.2, 0.25) is 0 Å². The number of unbranched alkanes of at least 4 members (excludes halogenated alkanes) is 1. The Morgan fingerprint density at radius 2 is 2.00 bits per heavy atom. The number of hydrogen-bond donors (Lipinski definition) is 0. The van der Waals surface area contributed by atoms with E-state index in [1.807, 2.05) is 0 Å². The summed E-state index contributed by atoms with van der Waals surface area (Å²) < 4.78 is 5.84. The van der Waals surface area contributed by atoms with Gasteiger partial charge in [-0.2, -0.15) is 0 Å². The topological polar surface area (TPSA) is 9.23 Å². The van der Waals surface area contributed by atoms with Gasteiger partial charge in [0.25, 0.3) is 0 Å². The van der Waals surface area contributed by atoms with Crippen molar-refractivity contribution in [3.63, 3.8) is 0 Å². The van der Waals surface area contributed by atoms with Gasteiger partial charge in [0, 0.05) is 6.61 Å².